The zero-order chi connectivity index (χ0) is 25.8. The fourth-order valence-electron chi connectivity index (χ4n) is 6.05. The summed E-state index contributed by atoms with van der Waals surface area (Å²) in [7, 11) is -3.28. The number of aromatic nitrogens is 1. The van der Waals surface area contributed by atoms with Crippen molar-refractivity contribution < 1.29 is 13.2 Å². The third-order valence-corrected chi connectivity index (χ3v) is 10.0. The van der Waals surface area contributed by atoms with Crippen molar-refractivity contribution in [3.8, 4) is 11.1 Å². The molecular formula is C29H38N4O3S. The molecule has 1 amide bonds. The predicted octanol–water partition coefficient (Wildman–Crippen LogP) is 4.61. The first-order valence-corrected chi connectivity index (χ1v) is 15.2. The van der Waals surface area contributed by atoms with Gasteiger partial charge in [-0.15, -0.1) is 0 Å². The van der Waals surface area contributed by atoms with Crippen LogP contribution in [0.15, 0.2) is 48.7 Å². The second-order valence-electron chi connectivity index (χ2n) is 10.6. The molecule has 7 nitrogen and oxygen atoms in total. The van der Waals surface area contributed by atoms with Crippen molar-refractivity contribution in [1.82, 2.24) is 14.6 Å². The standard InChI is InChI=1S/C29H38N4O3S/c30-29(34)26-18-24(22-9-5-2-6-10-22)17-25-27(20-32-28(25)26)23-11-14-33(15-12-23)37(35,36)16-13-31-19-21-7-3-1-4-8-21/h2,5-6,9-10,17-18,20-21,23,31-32H,1,3-4,7-8,11-16,19H2,(H2,30,34). The molecular weight excluding hydrogens is 484 g/mol. The average molecular weight is 523 g/mol. The molecule has 0 unspecified atom stereocenters. The maximum absolute atomic E-state index is 13.0. The van der Waals surface area contributed by atoms with Crippen molar-refractivity contribution in [1.29, 1.82) is 0 Å². The van der Waals surface area contributed by atoms with E-state index in [9.17, 15) is 13.2 Å². The van der Waals surface area contributed by atoms with Crippen LogP contribution in [0.2, 0.25) is 0 Å². The minimum Gasteiger partial charge on any atom is -0.366 e. The van der Waals surface area contributed by atoms with Crippen LogP contribution in [0.4, 0.5) is 0 Å². The van der Waals surface area contributed by atoms with E-state index >= 15 is 0 Å². The number of nitrogens with two attached hydrogens (primary N) is 1. The van der Waals surface area contributed by atoms with Gasteiger partial charge in [-0.3, -0.25) is 4.79 Å². The number of hydrogen-bond donors (Lipinski definition) is 3. The Morgan fingerprint density at radius 1 is 1.00 bits per heavy atom. The lowest BCUT2D eigenvalue weighted by molar-refractivity contribution is 0.100. The van der Waals surface area contributed by atoms with Crippen molar-refractivity contribution >= 4 is 26.8 Å². The van der Waals surface area contributed by atoms with Gasteiger partial charge in [0.25, 0.3) is 5.91 Å². The number of sulfonamides is 1. The van der Waals surface area contributed by atoms with E-state index in [4.69, 9.17) is 5.73 Å². The van der Waals surface area contributed by atoms with Crippen molar-refractivity contribution in [2.75, 3.05) is 31.9 Å². The van der Waals surface area contributed by atoms with Crippen molar-refractivity contribution in [3.05, 3.63) is 59.8 Å². The summed E-state index contributed by atoms with van der Waals surface area (Å²) in [5, 5.41) is 4.38. The van der Waals surface area contributed by atoms with Gasteiger partial charge < -0.3 is 16.0 Å². The van der Waals surface area contributed by atoms with Gasteiger partial charge in [-0.25, -0.2) is 12.7 Å². The number of H-pyrrole nitrogens is 1. The van der Waals surface area contributed by atoms with Gasteiger partial charge in [0.1, 0.15) is 0 Å². The molecule has 1 aromatic heterocycles. The van der Waals surface area contributed by atoms with Gasteiger partial charge in [0.2, 0.25) is 10.0 Å². The van der Waals surface area contributed by atoms with Gasteiger partial charge in [0, 0.05) is 31.2 Å². The Bertz CT molecular complexity index is 1320. The number of carbonyl (C=O) groups excluding carboxylic acids is 1. The van der Waals surface area contributed by atoms with Crippen LogP contribution < -0.4 is 11.1 Å². The van der Waals surface area contributed by atoms with Crippen LogP contribution in [0.5, 0.6) is 0 Å². The highest BCUT2D eigenvalue weighted by Gasteiger charge is 2.30. The van der Waals surface area contributed by atoms with E-state index in [1.807, 2.05) is 42.6 Å². The molecule has 1 aliphatic carbocycles. The molecule has 8 heteroatoms. The Labute approximate surface area is 219 Å². The number of rotatable bonds is 9. The van der Waals surface area contributed by atoms with Crippen LogP contribution >= 0.6 is 0 Å². The predicted molar refractivity (Wildman–Crippen MR) is 149 cm³/mol. The van der Waals surface area contributed by atoms with Crippen LogP contribution in [-0.2, 0) is 10.0 Å². The number of primary amides is 1. The number of amides is 1. The number of hydrogen-bond acceptors (Lipinski definition) is 4. The topological polar surface area (TPSA) is 108 Å². The lowest BCUT2D eigenvalue weighted by Crippen LogP contribution is -2.41. The third kappa shape index (κ3) is 5.92. The Hall–Kier alpha value is -2.68. The summed E-state index contributed by atoms with van der Waals surface area (Å²) in [6.45, 7) is 2.47. The van der Waals surface area contributed by atoms with Crippen LogP contribution in [0.1, 0.15) is 66.8 Å². The minimum atomic E-state index is -3.28. The fraction of sp³-hybridized carbons (Fsp3) is 0.483. The van der Waals surface area contributed by atoms with E-state index < -0.39 is 15.9 Å². The second kappa shape index (κ2) is 11.4. The summed E-state index contributed by atoms with van der Waals surface area (Å²) in [4.78, 5) is 15.5. The summed E-state index contributed by atoms with van der Waals surface area (Å²) in [6, 6.07) is 13.9. The molecule has 0 spiro atoms. The number of carbonyl (C=O) groups is 1. The smallest absolute Gasteiger partial charge is 0.250 e. The monoisotopic (exact) mass is 522 g/mol. The Morgan fingerprint density at radius 2 is 1.73 bits per heavy atom. The molecule has 4 N–H and O–H groups in total. The number of fused-ring (bicyclic) bond motifs is 1. The second-order valence-corrected chi connectivity index (χ2v) is 12.7. The van der Waals surface area contributed by atoms with Crippen molar-refractivity contribution in [2.24, 2.45) is 11.7 Å². The van der Waals surface area contributed by atoms with E-state index in [1.165, 1.54) is 32.1 Å². The Kier molecular flexibility index (Phi) is 7.98. The molecule has 5 rings (SSSR count). The number of piperidine rings is 1. The highest BCUT2D eigenvalue weighted by molar-refractivity contribution is 7.89. The van der Waals surface area contributed by atoms with Crippen LogP contribution in [0.25, 0.3) is 22.0 Å². The van der Waals surface area contributed by atoms with Crippen LogP contribution in [-0.4, -0.2) is 55.5 Å². The largest absolute Gasteiger partial charge is 0.366 e. The molecule has 0 atom stereocenters. The summed E-state index contributed by atoms with van der Waals surface area (Å²) in [5.74, 6) is 0.603. The van der Waals surface area contributed by atoms with E-state index in [2.05, 4.69) is 16.4 Å². The Balaban J connectivity index is 1.25. The van der Waals surface area contributed by atoms with Gasteiger partial charge in [-0.2, -0.15) is 0 Å². The van der Waals surface area contributed by atoms with Gasteiger partial charge in [0.15, 0.2) is 0 Å². The summed E-state index contributed by atoms with van der Waals surface area (Å²) < 4.78 is 27.6. The molecule has 1 aliphatic heterocycles. The third-order valence-electron chi connectivity index (χ3n) is 8.18. The molecule has 2 fully saturated rings. The van der Waals surface area contributed by atoms with Gasteiger partial charge in [0.05, 0.1) is 16.8 Å². The molecule has 3 aromatic rings. The van der Waals surface area contributed by atoms with Gasteiger partial charge in [-0.05, 0) is 72.9 Å². The lowest BCUT2D eigenvalue weighted by atomic mass is 9.88. The zero-order valence-corrected chi connectivity index (χ0v) is 22.2. The number of benzene rings is 2. The summed E-state index contributed by atoms with van der Waals surface area (Å²) in [5.41, 5.74) is 10.1. The molecule has 0 bridgehead atoms. The van der Waals surface area contributed by atoms with E-state index in [-0.39, 0.29) is 11.7 Å². The van der Waals surface area contributed by atoms with Crippen LogP contribution in [0.3, 0.4) is 0 Å². The first kappa shape index (κ1) is 25.9. The molecule has 1 saturated heterocycles. The van der Waals surface area contributed by atoms with Crippen molar-refractivity contribution in [2.45, 2.75) is 50.9 Å². The lowest BCUT2D eigenvalue weighted by Gasteiger charge is -2.31. The molecule has 2 heterocycles. The first-order valence-electron chi connectivity index (χ1n) is 13.6. The quantitative estimate of drug-likeness (QED) is 0.357. The SMILES string of the molecule is NC(=O)c1cc(-c2ccccc2)cc2c(C3CCN(S(=O)(=O)CCNCC4CCCCC4)CC3)c[nH]c12. The molecule has 1 saturated carbocycles. The zero-order valence-electron chi connectivity index (χ0n) is 21.4. The molecule has 2 aliphatic rings. The maximum Gasteiger partial charge on any atom is 0.250 e. The molecule has 198 valence electrons. The average Bonchev–Trinajstić information content (AvgIpc) is 3.36. The van der Waals surface area contributed by atoms with Gasteiger partial charge >= 0.3 is 0 Å². The number of aromatic amines is 1. The Morgan fingerprint density at radius 3 is 2.43 bits per heavy atom. The highest BCUT2D eigenvalue weighted by Crippen LogP contribution is 2.37. The summed E-state index contributed by atoms with van der Waals surface area (Å²) >= 11 is 0. The fourth-order valence-corrected chi connectivity index (χ4v) is 7.48. The number of nitrogens with one attached hydrogen (secondary N) is 2. The highest BCUT2D eigenvalue weighted by atomic mass is 32.2. The number of nitrogens with zero attached hydrogens (tertiary/aromatic N) is 1. The minimum absolute atomic E-state index is 0.153. The van der Waals surface area contributed by atoms with E-state index in [1.54, 1.807) is 4.31 Å². The van der Waals surface area contributed by atoms with Crippen LogP contribution in [0, 0.1) is 5.92 Å². The normalized spacial score (nSPS) is 18.4. The van der Waals surface area contributed by atoms with E-state index in [0.717, 1.165) is 47.0 Å². The van der Waals surface area contributed by atoms with Crippen molar-refractivity contribution in [3.63, 3.8) is 0 Å². The first-order chi connectivity index (χ1) is 17.9. The molecule has 0 radical (unpaired) electrons. The van der Waals surface area contributed by atoms with Gasteiger partial charge in [-0.1, -0.05) is 49.6 Å². The molecule has 2 aromatic carbocycles. The summed E-state index contributed by atoms with van der Waals surface area (Å²) in [6.07, 6.45) is 9.92. The maximum atomic E-state index is 13.0. The van der Waals surface area contributed by atoms with E-state index in [0.29, 0.717) is 31.1 Å². The molecule has 37 heavy (non-hydrogen) atoms.